The molecule has 0 bridgehead atoms. The van der Waals surface area contributed by atoms with Crippen LogP contribution in [0.15, 0.2) is 12.1 Å². The third-order valence-electron chi connectivity index (χ3n) is 2.67. The molecule has 0 aliphatic carbocycles. The molecule has 0 radical (unpaired) electrons. The van der Waals surface area contributed by atoms with Gasteiger partial charge in [-0.05, 0) is 18.4 Å². The van der Waals surface area contributed by atoms with Gasteiger partial charge in [0.1, 0.15) is 11.8 Å². The van der Waals surface area contributed by atoms with E-state index in [1.165, 1.54) is 12.1 Å². The van der Waals surface area contributed by atoms with Gasteiger partial charge in [0.2, 0.25) is 0 Å². The monoisotopic (exact) mass is 367 g/mol. The Bertz CT molecular complexity index is 563. The van der Waals surface area contributed by atoms with Gasteiger partial charge in [0, 0.05) is 6.07 Å². The zero-order valence-corrected chi connectivity index (χ0v) is 14.3. The summed E-state index contributed by atoms with van der Waals surface area (Å²) >= 11 is 17.5. The zero-order valence-electron chi connectivity index (χ0n) is 12.0. The third kappa shape index (κ3) is 5.91. The molecule has 2 N–H and O–H groups in total. The average Bonchev–Trinajstić information content (AvgIpc) is 2.40. The van der Waals surface area contributed by atoms with E-state index in [2.05, 4.69) is 5.32 Å². The highest BCUT2D eigenvalue weighted by Crippen LogP contribution is 2.33. The highest BCUT2D eigenvalue weighted by molar-refractivity contribution is 6.43. The summed E-state index contributed by atoms with van der Waals surface area (Å²) in [5, 5.41) is 12.2. The van der Waals surface area contributed by atoms with Crippen molar-refractivity contribution in [2.24, 2.45) is 5.92 Å². The molecule has 1 amide bonds. The average molecular weight is 369 g/mol. The standard InChI is InChI=1S/C14H16Cl3NO4/c1-7(2)3-11(14(20)21)18-13(19)6-22-12-5-9(16)8(15)4-10(12)17/h4-5,7,11H,3,6H2,1-2H3,(H,18,19)(H,20,21). The molecule has 122 valence electrons. The molecule has 0 aliphatic heterocycles. The summed E-state index contributed by atoms with van der Waals surface area (Å²) in [6.07, 6.45) is 0.328. The quantitative estimate of drug-likeness (QED) is 0.720. The molecular weight excluding hydrogens is 353 g/mol. The van der Waals surface area contributed by atoms with Crippen molar-refractivity contribution in [3.05, 3.63) is 27.2 Å². The minimum absolute atomic E-state index is 0.131. The van der Waals surface area contributed by atoms with E-state index >= 15 is 0 Å². The Morgan fingerprint density at radius 1 is 1.18 bits per heavy atom. The van der Waals surface area contributed by atoms with Crippen LogP contribution >= 0.6 is 34.8 Å². The van der Waals surface area contributed by atoms with E-state index in [1.54, 1.807) is 0 Å². The molecule has 1 aromatic rings. The van der Waals surface area contributed by atoms with Gasteiger partial charge in [-0.1, -0.05) is 48.7 Å². The fraction of sp³-hybridized carbons (Fsp3) is 0.429. The van der Waals surface area contributed by atoms with Gasteiger partial charge in [0.15, 0.2) is 6.61 Å². The molecular formula is C14H16Cl3NO4. The molecule has 0 saturated heterocycles. The van der Waals surface area contributed by atoms with Crippen LogP contribution < -0.4 is 10.1 Å². The number of hydrogen-bond donors (Lipinski definition) is 2. The second-order valence-electron chi connectivity index (χ2n) is 5.07. The molecule has 5 nitrogen and oxygen atoms in total. The van der Waals surface area contributed by atoms with E-state index in [4.69, 9.17) is 44.6 Å². The number of amides is 1. The number of nitrogens with one attached hydrogen (secondary N) is 1. The van der Waals surface area contributed by atoms with Crippen molar-refractivity contribution in [3.63, 3.8) is 0 Å². The van der Waals surface area contributed by atoms with Gasteiger partial charge in [-0.25, -0.2) is 4.79 Å². The Hall–Kier alpha value is -1.17. The van der Waals surface area contributed by atoms with Gasteiger partial charge in [-0.3, -0.25) is 4.79 Å². The minimum Gasteiger partial charge on any atom is -0.482 e. The number of halogens is 3. The molecule has 0 aliphatic rings. The number of carbonyl (C=O) groups excluding carboxylic acids is 1. The summed E-state index contributed by atoms with van der Waals surface area (Å²) in [5.41, 5.74) is 0. The fourth-order valence-corrected chi connectivity index (χ4v) is 2.28. The van der Waals surface area contributed by atoms with Gasteiger partial charge in [0.25, 0.3) is 5.91 Å². The first-order valence-electron chi connectivity index (χ1n) is 6.50. The van der Waals surface area contributed by atoms with Crippen molar-refractivity contribution in [1.82, 2.24) is 5.32 Å². The number of carbonyl (C=O) groups is 2. The number of carboxylic acids is 1. The molecule has 0 fully saturated rings. The van der Waals surface area contributed by atoms with Crippen LogP contribution in [0.4, 0.5) is 0 Å². The van der Waals surface area contributed by atoms with E-state index in [1.807, 2.05) is 13.8 Å². The van der Waals surface area contributed by atoms with Crippen LogP contribution in [-0.4, -0.2) is 29.6 Å². The zero-order chi connectivity index (χ0) is 16.9. The normalized spacial score (nSPS) is 12.1. The Labute approximate surface area is 143 Å². The number of benzene rings is 1. The number of carboxylic acid groups (broad SMARTS) is 1. The fourth-order valence-electron chi connectivity index (χ4n) is 1.69. The van der Waals surface area contributed by atoms with E-state index in [-0.39, 0.29) is 33.3 Å². The Balaban J connectivity index is 2.62. The maximum absolute atomic E-state index is 11.8. The Morgan fingerprint density at radius 2 is 1.77 bits per heavy atom. The summed E-state index contributed by atoms with van der Waals surface area (Å²) in [6, 6.07) is 1.83. The lowest BCUT2D eigenvalue weighted by Gasteiger charge is -2.17. The van der Waals surface area contributed by atoms with Crippen LogP contribution in [0, 0.1) is 5.92 Å². The molecule has 1 aromatic carbocycles. The lowest BCUT2D eigenvalue weighted by Crippen LogP contribution is -2.43. The van der Waals surface area contributed by atoms with Crippen molar-refractivity contribution in [3.8, 4) is 5.75 Å². The minimum atomic E-state index is -1.09. The summed E-state index contributed by atoms with van der Waals surface area (Å²) < 4.78 is 5.24. The summed E-state index contributed by atoms with van der Waals surface area (Å²) in [4.78, 5) is 22.8. The van der Waals surface area contributed by atoms with Gasteiger partial charge in [-0.15, -0.1) is 0 Å². The Kier molecular flexibility index (Phi) is 7.26. The maximum Gasteiger partial charge on any atom is 0.326 e. The van der Waals surface area contributed by atoms with Gasteiger partial charge in [-0.2, -0.15) is 0 Å². The van der Waals surface area contributed by atoms with Crippen LogP contribution in [0.2, 0.25) is 15.1 Å². The highest BCUT2D eigenvalue weighted by Gasteiger charge is 2.21. The smallest absolute Gasteiger partial charge is 0.326 e. The van der Waals surface area contributed by atoms with Gasteiger partial charge >= 0.3 is 5.97 Å². The number of hydrogen-bond acceptors (Lipinski definition) is 3. The van der Waals surface area contributed by atoms with Crippen molar-refractivity contribution >= 4 is 46.7 Å². The number of ether oxygens (including phenoxy) is 1. The topological polar surface area (TPSA) is 75.6 Å². The second-order valence-corrected chi connectivity index (χ2v) is 6.29. The highest BCUT2D eigenvalue weighted by atomic mass is 35.5. The van der Waals surface area contributed by atoms with E-state index < -0.39 is 17.9 Å². The molecule has 1 rings (SSSR count). The van der Waals surface area contributed by atoms with Crippen LogP contribution in [0.3, 0.4) is 0 Å². The maximum atomic E-state index is 11.8. The first-order valence-corrected chi connectivity index (χ1v) is 7.63. The molecule has 0 heterocycles. The number of rotatable bonds is 7. The SMILES string of the molecule is CC(C)CC(NC(=O)COc1cc(Cl)c(Cl)cc1Cl)C(=O)O. The molecule has 1 unspecified atom stereocenters. The summed E-state index contributed by atoms with van der Waals surface area (Å²) in [6.45, 7) is 3.36. The van der Waals surface area contributed by atoms with Gasteiger partial charge < -0.3 is 15.2 Å². The van der Waals surface area contributed by atoms with Crippen molar-refractivity contribution in [1.29, 1.82) is 0 Å². The van der Waals surface area contributed by atoms with Crippen LogP contribution in [-0.2, 0) is 9.59 Å². The van der Waals surface area contributed by atoms with E-state index in [9.17, 15) is 9.59 Å². The molecule has 0 saturated carbocycles. The first-order chi connectivity index (χ1) is 10.2. The predicted octanol–water partition coefficient (Wildman–Crippen LogP) is 3.64. The molecule has 0 spiro atoms. The van der Waals surface area contributed by atoms with E-state index in [0.717, 1.165) is 0 Å². The second kappa shape index (κ2) is 8.46. The van der Waals surface area contributed by atoms with Crippen molar-refractivity contribution < 1.29 is 19.4 Å². The van der Waals surface area contributed by atoms with Crippen LogP contribution in [0.25, 0.3) is 0 Å². The van der Waals surface area contributed by atoms with Crippen molar-refractivity contribution in [2.75, 3.05) is 6.61 Å². The first kappa shape index (κ1) is 18.9. The Morgan fingerprint density at radius 3 is 2.32 bits per heavy atom. The largest absolute Gasteiger partial charge is 0.482 e. The van der Waals surface area contributed by atoms with Gasteiger partial charge in [0.05, 0.1) is 15.1 Å². The van der Waals surface area contributed by atoms with Crippen LogP contribution in [0.5, 0.6) is 5.75 Å². The van der Waals surface area contributed by atoms with Crippen molar-refractivity contribution in [2.45, 2.75) is 26.3 Å². The molecule has 1 atom stereocenters. The third-order valence-corrected chi connectivity index (χ3v) is 3.69. The summed E-state index contributed by atoms with van der Waals surface area (Å²) in [5.74, 6) is -1.32. The lowest BCUT2D eigenvalue weighted by molar-refractivity contribution is -0.142. The van der Waals surface area contributed by atoms with E-state index in [0.29, 0.717) is 6.42 Å². The predicted molar refractivity (Wildman–Crippen MR) is 86.0 cm³/mol. The molecule has 22 heavy (non-hydrogen) atoms. The number of aliphatic carboxylic acids is 1. The molecule has 8 heteroatoms. The molecule has 0 aromatic heterocycles. The summed E-state index contributed by atoms with van der Waals surface area (Å²) in [7, 11) is 0. The lowest BCUT2D eigenvalue weighted by atomic mass is 10.0. The van der Waals surface area contributed by atoms with Crippen LogP contribution in [0.1, 0.15) is 20.3 Å².